The largest absolute Gasteiger partial charge is 0.449 e. The number of likely N-dealkylation sites (tertiary alicyclic amines) is 1. The average molecular weight is 452 g/mol. The van der Waals surface area contributed by atoms with Crippen LogP contribution in [0.3, 0.4) is 0 Å². The number of aliphatic hydroxyl groups is 1. The van der Waals surface area contributed by atoms with Gasteiger partial charge in [-0.2, -0.15) is 5.26 Å². The van der Waals surface area contributed by atoms with Gasteiger partial charge in [-0.25, -0.2) is 4.79 Å². The highest BCUT2D eigenvalue weighted by atomic mass is 32.1. The number of ether oxygens (including phenoxy) is 1. The minimum atomic E-state index is -0.462. The highest BCUT2D eigenvalue weighted by molar-refractivity contribution is 7.12. The normalized spacial score (nSPS) is 20.2. The molecule has 2 unspecified atom stereocenters. The lowest BCUT2D eigenvalue weighted by atomic mass is 9.87. The number of aliphatic hydroxyl groups excluding tert-OH is 1. The van der Waals surface area contributed by atoms with Crippen LogP contribution >= 0.6 is 11.3 Å². The van der Waals surface area contributed by atoms with Crippen molar-refractivity contribution in [1.82, 2.24) is 9.88 Å². The van der Waals surface area contributed by atoms with Crippen LogP contribution < -0.4 is 0 Å². The maximum atomic E-state index is 12.5. The number of nitrogens with zero attached hydrogens (tertiary/aromatic N) is 3. The van der Waals surface area contributed by atoms with Crippen molar-refractivity contribution >= 4 is 29.3 Å². The van der Waals surface area contributed by atoms with Gasteiger partial charge in [-0.05, 0) is 60.9 Å². The first-order valence-corrected chi connectivity index (χ1v) is 11.6. The van der Waals surface area contributed by atoms with Gasteiger partial charge in [-0.15, -0.1) is 11.3 Å². The molecule has 0 aromatic carbocycles. The van der Waals surface area contributed by atoms with Gasteiger partial charge in [-0.1, -0.05) is 6.07 Å². The number of allylic oxidation sites excluding steroid dienone is 1. The van der Waals surface area contributed by atoms with Crippen molar-refractivity contribution in [2.24, 2.45) is 5.92 Å². The fourth-order valence-electron chi connectivity index (χ4n) is 4.18. The van der Waals surface area contributed by atoms with Gasteiger partial charge in [0, 0.05) is 41.7 Å². The van der Waals surface area contributed by atoms with E-state index < -0.39 is 6.10 Å². The molecule has 1 N–H and O–H groups in total. The minimum absolute atomic E-state index is 0.0535. The maximum absolute atomic E-state index is 12.5. The molecule has 2 aromatic rings. The summed E-state index contributed by atoms with van der Waals surface area (Å²) in [5.74, 6) is 0.139. The number of aromatic nitrogens is 1. The third kappa shape index (κ3) is 5.23. The summed E-state index contributed by atoms with van der Waals surface area (Å²) in [5, 5.41) is 19.3. The summed E-state index contributed by atoms with van der Waals surface area (Å²) in [5.41, 5.74) is 2.53. The molecule has 1 amide bonds. The summed E-state index contributed by atoms with van der Waals surface area (Å²) < 4.78 is 5.48. The number of pyridine rings is 1. The quantitative estimate of drug-likeness (QED) is 0.677. The zero-order chi connectivity index (χ0) is 22.5. The van der Waals surface area contributed by atoms with Crippen LogP contribution in [0.15, 0.2) is 30.6 Å². The summed E-state index contributed by atoms with van der Waals surface area (Å²) in [6.45, 7) is 1.18. The Hall–Kier alpha value is -3.02. The van der Waals surface area contributed by atoms with Gasteiger partial charge in [0.25, 0.3) is 0 Å². The predicted molar refractivity (Wildman–Crippen MR) is 120 cm³/mol. The molecule has 166 valence electrons. The van der Waals surface area contributed by atoms with E-state index in [1.54, 1.807) is 23.4 Å². The fourth-order valence-corrected chi connectivity index (χ4v) is 5.61. The molecule has 0 bridgehead atoms. The van der Waals surface area contributed by atoms with Crippen molar-refractivity contribution in [3.8, 4) is 6.07 Å². The molecule has 3 heterocycles. The van der Waals surface area contributed by atoms with Gasteiger partial charge in [0.1, 0.15) is 6.07 Å². The number of ketones is 1. The minimum Gasteiger partial charge on any atom is -0.449 e. The number of hydrogen-bond acceptors (Lipinski definition) is 7. The molecule has 0 saturated carbocycles. The van der Waals surface area contributed by atoms with Gasteiger partial charge in [0.15, 0.2) is 5.78 Å². The average Bonchev–Trinajstić information content (AvgIpc) is 3.39. The van der Waals surface area contributed by atoms with Crippen molar-refractivity contribution < 1.29 is 19.4 Å². The van der Waals surface area contributed by atoms with Crippen LogP contribution in [0.2, 0.25) is 0 Å². The topological polar surface area (TPSA) is 104 Å². The van der Waals surface area contributed by atoms with E-state index in [0.717, 1.165) is 40.1 Å². The van der Waals surface area contributed by atoms with Crippen LogP contribution in [0.5, 0.6) is 0 Å². The molecule has 8 heteroatoms. The first kappa shape index (κ1) is 22.2. The first-order valence-electron chi connectivity index (χ1n) is 10.8. The summed E-state index contributed by atoms with van der Waals surface area (Å²) in [6, 6.07) is 5.99. The number of amides is 1. The Morgan fingerprint density at radius 3 is 3.00 bits per heavy atom. The summed E-state index contributed by atoms with van der Waals surface area (Å²) in [7, 11) is 0. The van der Waals surface area contributed by atoms with E-state index in [1.165, 1.54) is 17.4 Å². The van der Waals surface area contributed by atoms with Crippen molar-refractivity contribution in [2.45, 2.75) is 38.2 Å². The number of rotatable bonds is 6. The van der Waals surface area contributed by atoms with Gasteiger partial charge < -0.3 is 14.7 Å². The highest BCUT2D eigenvalue weighted by Gasteiger charge is 2.29. The Bertz CT molecular complexity index is 1060. The molecule has 7 nitrogen and oxygen atoms in total. The third-order valence-electron chi connectivity index (χ3n) is 5.90. The second-order valence-corrected chi connectivity index (χ2v) is 9.44. The molecule has 2 aromatic heterocycles. The number of carbonyl (C=O) groups is 2. The number of nitriles is 1. The van der Waals surface area contributed by atoms with E-state index >= 15 is 0 Å². The van der Waals surface area contributed by atoms with E-state index in [2.05, 4.69) is 11.1 Å². The fraction of sp³-hybridized carbons (Fsp3) is 0.417. The van der Waals surface area contributed by atoms with Crippen LogP contribution in [0, 0.1) is 17.2 Å². The first-order chi connectivity index (χ1) is 15.5. The van der Waals surface area contributed by atoms with E-state index in [1.807, 2.05) is 12.1 Å². The smallest absolute Gasteiger partial charge is 0.409 e. The molecule has 1 saturated heterocycles. The second-order valence-electron chi connectivity index (χ2n) is 8.25. The van der Waals surface area contributed by atoms with E-state index in [9.17, 15) is 20.0 Å². The van der Waals surface area contributed by atoms with Crippen molar-refractivity contribution in [3.05, 3.63) is 57.0 Å². The second kappa shape index (κ2) is 10.1. The Balaban J connectivity index is 1.36. The number of carbonyl (C=O) groups excluding carboxylic acids is 2. The molecule has 1 aliphatic carbocycles. The molecular weight excluding hydrogens is 426 g/mol. The lowest BCUT2D eigenvalue weighted by Gasteiger charge is -2.23. The lowest BCUT2D eigenvalue weighted by molar-refractivity contribution is -0.113. The van der Waals surface area contributed by atoms with Crippen LogP contribution in [0.1, 0.15) is 39.3 Å². The number of thiophene rings is 1. The third-order valence-corrected chi connectivity index (χ3v) is 7.15. The lowest BCUT2D eigenvalue weighted by Crippen LogP contribution is -2.32. The summed E-state index contributed by atoms with van der Waals surface area (Å²) in [4.78, 5) is 32.1. The number of hydrogen-bond donors (Lipinski definition) is 1. The van der Waals surface area contributed by atoms with E-state index in [-0.39, 0.29) is 24.2 Å². The monoisotopic (exact) mass is 451 g/mol. The molecule has 1 fully saturated rings. The van der Waals surface area contributed by atoms with E-state index in [4.69, 9.17) is 4.74 Å². The van der Waals surface area contributed by atoms with Crippen LogP contribution in [0.25, 0.3) is 6.08 Å². The molecule has 0 radical (unpaired) electrons. The van der Waals surface area contributed by atoms with E-state index in [0.29, 0.717) is 31.7 Å². The zero-order valence-electron chi connectivity index (χ0n) is 17.7. The van der Waals surface area contributed by atoms with Gasteiger partial charge in [-0.3, -0.25) is 9.78 Å². The highest BCUT2D eigenvalue weighted by Crippen LogP contribution is 2.36. The SMILES string of the molecule is N#Cc1c(CC(=O)/C=C/c2cccnc2)sc2c1CCC(COC(=O)N1CCC(O)C1)C2. The predicted octanol–water partition coefficient (Wildman–Crippen LogP) is 3.15. The van der Waals surface area contributed by atoms with Crippen LogP contribution in [0.4, 0.5) is 4.79 Å². The molecule has 32 heavy (non-hydrogen) atoms. The van der Waals surface area contributed by atoms with Crippen molar-refractivity contribution in [1.29, 1.82) is 5.26 Å². The van der Waals surface area contributed by atoms with Crippen molar-refractivity contribution in [2.75, 3.05) is 19.7 Å². The summed E-state index contributed by atoms with van der Waals surface area (Å²) >= 11 is 1.53. The maximum Gasteiger partial charge on any atom is 0.409 e. The Kier molecular flexibility index (Phi) is 6.98. The Morgan fingerprint density at radius 2 is 2.28 bits per heavy atom. The number of fused-ring (bicyclic) bond motifs is 1. The number of β-amino-alcohol motifs (C(OH)–C–C–N with tert-alkyl or cyclic N) is 1. The molecule has 0 spiro atoms. The van der Waals surface area contributed by atoms with Crippen LogP contribution in [-0.4, -0.2) is 52.7 Å². The molecule has 2 atom stereocenters. The zero-order valence-corrected chi connectivity index (χ0v) is 18.5. The van der Waals surface area contributed by atoms with Gasteiger partial charge in [0.05, 0.1) is 18.3 Å². The molecule has 4 rings (SSSR count). The van der Waals surface area contributed by atoms with Gasteiger partial charge in [0.2, 0.25) is 0 Å². The Morgan fingerprint density at radius 1 is 1.41 bits per heavy atom. The standard InChI is InChI=1S/C24H25N3O4S/c25-12-21-20-6-4-17(15-31-24(30)27-9-7-19(29)14-27)10-22(20)32-23(21)11-18(28)5-3-16-2-1-8-26-13-16/h1-3,5,8,13,17,19,29H,4,6-7,9-11,14-15H2/b5-3+. The van der Waals surface area contributed by atoms with Crippen LogP contribution in [-0.2, 0) is 28.8 Å². The summed E-state index contributed by atoms with van der Waals surface area (Å²) in [6.07, 6.45) is 8.92. The molecule has 2 aliphatic rings. The Labute approximate surface area is 191 Å². The van der Waals surface area contributed by atoms with Gasteiger partial charge >= 0.3 is 6.09 Å². The van der Waals surface area contributed by atoms with Crippen molar-refractivity contribution in [3.63, 3.8) is 0 Å². The molecule has 1 aliphatic heterocycles. The molecular formula is C24H25N3O4S.